The number of amides is 4. The normalized spacial score (nSPS) is 14.8. The van der Waals surface area contributed by atoms with Crippen LogP contribution in [-0.2, 0) is 28.9 Å². The van der Waals surface area contributed by atoms with Crippen molar-refractivity contribution in [2.45, 2.75) is 51.1 Å². The third-order valence-corrected chi connectivity index (χ3v) is 8.29. The van der Waals surface area contributed by atoms with Crippen LogP contribution >= 0.6 is 11.3 Å². The molecule has 1 fully saturated rings. The summed E-state index contributed by atoms with van der Waals surface area (Å²) in [7, 11) is 1.51. The molecule has 4 amide bonds. The first-order valence-electron chi connectivity index (χ1n) is 14.2. The second kappa shape index (κ2) is 14.7. The van der Waals surface area contributed by atoms with Crippen LogP contribution in [0.3, 0.4) is 0 Å². The predicted octanol–water partition coefficient (Wildman–Crippen LogP) is 3.19. The maximum atomic E-state index is 13.6. The van der Waals surface area contributed by atoms with Crippen LogP contribution in [-0.4, -0.2) is 73.0 Å². The molecule has 1 aromatic heterocycles. The maximum Gasteiger partial charge on any atom is 0.315 e. The van der Waals surface area contributed by atoms with E-state index < -0.39 is 18.1 Å². The number of fused-ring (bicyclic) bond motifs is 1. The Hall–Kier alpha value is -3.76. The molecule has 2 atom stereocenters. The van der Waals surface area contributed by atoms with Crippen LogP contribution in [0.2, 0.25) is 0 Å². The van der Waals surface area contributed by atoms with Gasteiger partial charge in [-0.1, -0.05) is 49.9 Å². The van der Waals surface area contributed by atoms with Gasteiger partial charge < -0.3 is 21.3 Å². The minimum Gasteiger partial charge on any atom is -0.350 e. The zero-order valence-corrected chi connectivity index (χ0v) is 24.7. The number of benzene rings is 2. The van der Waals surface area contributed by atoms with E-state index in [0.717, 1.165) is 53.1 Å². The minimum atomic E-state index is -0.847. The van der Waals surface area contributed by atoms with Crippen molar-refractivity contribution in [1.29, 1.82) is 0 Å². The van der Waals surface area contributed by atoms with Crippen molar-refractivity contribution in [2.75, 3.05) is 33.2 Å². The van der Waals surface area contributed by atoms with Crippen LogP contribution in [0.15, 0.2) is 60.7 Å². The van der Waals surface area contributed by atoms with Crippen LogP contribution < -0.4 is 21.3 Å². The zero-order chi connectivity index (χ0) is 29.2. The van der Waals surface area contributed by atoms with Gasteiger partial charge in [0, 0.05) is 32.1 Å². The van der Waals surface area contributed by atoms with Gasteiger partial charge in [-0.25, -0.2) is 9.78 Å². The molecule has 218 valence electrons. The first-order valence-corrected chi connectivity index (χ1v) is 15.1. The van der Waals surface area contributed by atoms with Crippen molar-refractivity contribution in [2.24, 2.45) is 0 Å². The molecule has 2 aromatic carbocycles. The Morgan fingerprint density at radius 1 is 1.02 bits per heavy atom. The van der Waals surface area contributed by atoms with Crippen LogP contribution in [0, 0.1) is 0 Å². The highest BCUT2D eigenvalue weighted by Gasteiger charge is 2.26. The molecule has 4 N–H and O–H groups in total. The SMILES string of the molecule is C=C(CN1CCCC1)C(=O)NC[C@H](Cc1ccccc1)NC(=O)[C@H](Cc1nc2ccc(CC)cc2s1)NC(=O)NC. The van der Waals surface area contributed by atoms with Gasteiger partial charge in [-0.2, -0.15) is 0 Å². The monoisotopic (exact) mass is 576 g/mol. The van der Waals surface area contributed by atoms with E-state index in [0.29, 0.717) is 18.5 Å². The molecule has 0 bridgehead atoms. The van der Waals surface area contributed by atoms with Crippen LogP contribution in [0.1, 0.15) is 35.9 Å². The standard InChI is InChI=1S/C31H40N6O3S/c1-4-22-12-13-25-27(17-22)41-28(35-25)18-26(36-31(40)32-3)30(39)34-24(16-23-10-6-5-7-11-23)19-33-29(38)21(2)20-37-14-8-9-15-37/h5-7,10-13,17,24,26H,2,4,8-9,14-16,18-20H2,1,3H3,(H,33,38)(H,34,39)(H2,32,36,40)/t24-,26-/m0/s1. The number of nitrogens with one attached hydrogen (secondary N) is 4. The molecule has 1 aliphatic rings. The van der Waals surface area contributed by atoms with E-state index in [9.17, 15) is 14.4 Å². The lowest BCUT2D eigenvalue weighted by Gasteiger charge is -2.24. The number of carbonyl (C=O) groups is 3. The zero-order valence-electron chi connectivity index (χ0n) is 23.9. The van der Waals surface area contributed by atoms with Gasteiger partial charge in [0.05, 0.1) is 21.3 Å². The third-order valence-electron chi connectivity index (χ3n) is 7.25. The Morgan fingerprint density at radius 3 is 2.49 bits per heavy atom. The van der Waals surface area contributed by atoms with E-state index in [4.69, 9.17) is 4.98 Å². The van der Waals surface area contributed by atoms with Crippen LogP contribution in [0.25, 0.3) is 10.2 Å². The number of nitrogens with zero attached hydrogens (tertiary/aromatic N) is 2. The lowest BCUT2D eigenvalue weighted by Crippen LogP contribution is -2.55. The molecule has 2 heterocycles. The quantitative estimate of drug-likeness (QED) is 0.233. The minimum absolute atomic E-state index is 0.217. The number of hydrogen-bond donors (Lipinski definition) is 4. The van der Waals surface area contributed by atoms with E-state index in [2.05, 4.69) is 51.8 Å². The molecule has 9 nitrogen and oxygen atoms in total. The molecule has 10 heteroatoms. The summed E-state index contributed by atoms with van der Waals surface area (Å²) in [4.78, 5) is 45.7. The van der Waals surface area contributed by atoms with Crippen molar-refractivity contribution >= 4 is 39.4 Å². The third kappa shape index (κ3) is 8.86. The van der Waals surface area contributed by atoms with Crippen molar-refractivity contribution < 1.29 is 14.4 Å². The molecule has 0 saturated carbocycles. The second-order valence-corrected chi connectivity index (χ2v) is 11.6. The number of likely N-dealkylation sites (tertiary alicyclic amines) is 1. The summed E-state index contributed by atoms with van der Waals surface area (Å²) in [6, 6.07) is 14.3. The molecular formula is C31H40N6O3S. The predicted molar refractivity (Wildman–Crippen MR) is 164 cm³/mol. The summed E-state index contributed by atoms with van der Waals surface area (Å²) in [5, 5.41) is 12.1. The fourth-order valence-corrected chi connectivity index (χ4v) is 6.01. The lowest BCUT2D eigenvalue weighted by atomic mass is 10.0. The van der Waals surface area contributed by atoms with Gasteiger partial charge in [-0.3, -0.25) is 14.5 Å². The first kappa shape index (κ1) is 30.2. The Kier molecular flexibility index (Phi) is 10.9. The second-order valence-electron chi connectivity index (χ2n) is 10.4. The summed E-state index contributed by atoms with van der Waals surface area (Å²) in [6.45, 7) is 8.82. The Morgan fingerprint density at radius 2 is 1.78 bits per heavy atom. The highest BCUT2D eigenvalue weighted by atomic mass is 32.1. The van der Waals surface area contributed by atoms with Crippen molar-refractivity contribution in [3.63, 3.8) is 0 Å². The largest absolute Gasteiger partial charge is 0.350 e. The summed E-state index contributed by atoms with van der Waals surface area (Å²) in [6.07, 6.45) is 3.97. The number of aryl methyl sites for hydroxylation is 1. The molecule has 3 aromatic rings. The lowest BCUT2D eigenvalue weighted by molar-refractivity contribution is -0.124. The molecule has 1 saturated heterocycles. The average molecular weight is 577 g/mol. The van der Waals surface area contributed by atoms with Crippen molar-refractivity contribution in [3.05, 3.63) is 76.8 Å². The summed E-state index contributed by atoms with van der Waals surface area (Å²) >= 11 is 1.53. The summed E-state index contributed by atoms with van der Waals surface area (Å²) < 4.78 is 1.05. The Balaban J connectivity index is 1.46. The number of urea groups is 1. The average Bonchev–Trinajstić information content (AvgIpc) is 3.64. The number of carbonyl (C=O) groups excluding carboxylic acids is 3. The maximum absolute atomic E-state index is 13.6. The van der Waals surface area contributed by atoms with Gasteiger partial charge >= 0.3 is 6.03 Å². The number of thiazole rings is 1. The van der Waals surface area contributed by atoms with E-state index >= 15 is 0 Å². The topological polar surface area (TPSA) is 115 Å². The molecule has 0 aliphatic carbocycles. The summed E-state index contributed by atoms with van der Waals surface area (Å²) in [5.74, 6) is -0.557. The van der Waals surface area contributed by atoms with Crippen LogP contribution in [0.5, 0.6) is 0 Å². The van der Waals surface area contributed by atoms with Gasteiger partial charge in [0.1, 0.15) is 6.04 Å². The van der Waals surface area contributed by atoms with Crippen molar-refractivity contribution in [1.82, 2.24) is 31.2 Å². The molecule has 4 rings (SSSR count). The van der Waals surface area contributed by atoms with Gasteiger partial charge in [-0.05, 0) is 62.0 Å². The van der Waals surface area contributed by atoms with Gasteiger partial charge in [0.25, 0.3) is 0 Å². The Labute approximate surface area is 245 Å². The molecular weight excluding hydrogens is 536 g/mol. The van der Waals surface area contributed by atoms with E-state index in [1.54, 1.807) is 0 Å². The molecule has 0 radical (unpaired) electrons. The van der Waals surface area contributed by atoms with Gasteiger partial charge in [-0.15, -0.1) is 11.3 Å². The van der Waals surface area contributed by atoms with E-state index in [-0.39, 0.29) is 24.8 Å². The highest BCUT2D eigenvalue weighted by Crippen LogP contribution is 2.24. The van der Waals surface area contributed by atoms with Crippen molar-refractivity contribution in [3.8, 4) is 0 Å². The molecule has 0 spiro atoms. The number of hydrogen-bond acceptors (Lipinski definition) is 6. The molecule has 1 aliphatic heterocycles. The van der Waals surface area contributed by atoms with Gasteiger partial charge in [0.2, 0.25) is 11.8 Å². The van der Waals surface area contributed by atoms with E-state index in [1.165, 1.54) is 23.9 Å². The summed E-state index contributed by atoms with van der Waals surface area (Å²) in [5.41, 5.74) is 3.63. The molecule has 41 heavy (non-hydrogen) atoms. The smallest absolute Gasteiger partial charge is 0.315 e. The van der Waals surface area contributed by atoms with E-state index in [1.807, 2.05) is 36.4 Å². The fraction of sp³-hybridized carbons (Fsp3) is 0.419. The molecule has 0 unspecified atom stereocenters. The number of rotatable bonds is 13. The number of aromatic nitrogens is 1. The van der Waals surface area contributed by atoms with Gasteiger partial charge in [0.15, 0.2) is 0 Å². The van der Waals surface area contributed by atoms with Crippen LogP contribution in [0.4, 0.5) is 4.79 Å². The fourth-order valence-electron chi connectivity index (χ4n) is 4.94. The highest BCUT2D eigenvalue weighted by molar-refractivity contribution is 7.18. The first-order chi connectivity index (χ1) is 19.8. The Bertz CT molecular complexity index is 1350.